The number of hydrogen-bond acceptors (Lipinski definition) is 6. The molecule has 0 spiro atoms. The van der Waals surface area contributed by atoms with Crippen LogP contribution in [0.3, 0.4) is 0 Å². The number of aromatic nitrogens is 1. The first-order chi connectivity index (χ1) is 9.86. The lowest BCUT2D eigenvalue weighted by molar-refractivity contribution is -0.389. The molecule has 1 heterocycles. The molecule has 2 rings (SSSR count). The average molecular weight is 307 g/mol. The van der Waals surface area contributed by atoms with Gasteiger partial charge in [0, 0.05) is 18.9 Å². The lowest BCUT2D eigenvalue weighted by Crippen LogP contribution is -2.02. The summed E-state index contributed by atoms with van der Waals surface area (Å²) in [6.07, 6.45) is 2.53. The molecule has 0 aliphatic carbocycles. The number of nitrogens with one attached hydrogen (secondary N) is 1. The maximum Gasteiger partial charge on any atom is 0.363 e. The first kappa shape index (κ1) is 14.9. The van der Waals surface area contributed by atoms with Crippen molar-refractivity contribution in [1.29, 1.82) is 0 Å². The molecule has 0 saturated heterocycles. The Balaban J connectivity index is 2.01. The van der Waals surface area contributed by atoms with E-state index in [1.54, 1.807) is 30.3 Å². The summed E-state index contributed by atoms with van der Waals surface area (Å²) in [7, 11) is -3.19. The molecule has 0 fully saturated rings. The second-order valence-corrected chi connectivity index (χ2v) is 6.45. The molecule has 110 valence electrons. The molecule has 0 aliphatic rings. The molecule has 0 aliphatic heterocycles. The van der Waals surface area contributed by atoms with Crippen LogP contribution in [0.2, 0.25) is 0 Å². The van der Waals surface area contributed by atoms with E-state index in [2.05, 4.69) is 10.3 Å². The lowest BCUT2D eigenvalue weighted by Gasteiger charge is -2.05. The molecule has 8 heteroatoms. The third-order valence-electron chi connectivity index (χ3n) is 2.78. The second-order valence-electron chi connectivity index (χ2n) is 4.43. The Labute approximate surface area is 121 Å². The quantitative estimate of drug-likeness (QED) is 0.669. The molecular weight excluding hydrogens is 294 g/mol. The fraction of sp³-hybridized carbons (Fsp3) is 0.154. The van der Waals surface area contributed by atoms with Crippen LogP contribution in [-0.2, 0) is 16.4 Å². The molecule has 0 radical (unpaired) electrons. The van der Waals surface area contributed by atoms with E-state index in [1.165, 1.54) is 12.3 Å². The highest BCUT2D eigenvalue weighted by Gasteiger charge is 2.07. The third kappa shape index (κ3) is 3.99. The van der Waals surface area contributed by atoms with E-state index >= 15 is 0 Å². The van der Waals surface area contributed by atoms with Gasteiger partial charge in [-0.15, -0.1) is 0 Å². The van der Waals surface area contributed by atoms with Crippen molar-refractivity contribution in [2.75, 3.05) is 11.6 Å². The summed E-state index contributed by atoms with van der Waals surface area (Å²) >= 11 is 0. The minimum atomic E-state index is -3.19. The number of pyridine rings is 1. The Bertz CT molecular complexity index is 740. The zero-order valence-corrected chi connectivity index (χ0v) is 12.0. The molecular formula is C13H13N3O4S. The van der Waals surface area contributed by atoms with E-state index in [9.17, 15) is 18.5 Å². The first-order valence-electron chi connectivity index (χ1n) is 5.99. The maximum absolute atomic E-state index is 11.3. The number of nitrogens with zero attached hydrogens (tertiary/aromatic N) is 2. The minimum Gasteiger partial charge on any atom is -0.378 e. The first-order valence-corrected chi connectivity index (χ1v) is 7.89. The van der Waals surface area contributed by atoms with E-state index < -0.39 is 14.8 Å². The van der Waals surface area contributed by atoms with Crippen LogP contribution in [-0.4, -0.2) is 24.6 Å². The Morgan fingerprint density at radius 1 is 1.19 bits per heavy atom. The number of hydrogen-bond donors (Lipinski definition) is 1. The van der Waals surface area contributed by atoms with Gasteiger partial charge in [0.25, 0.3) is 0 Å². The SMILES string of the molecule is CS(=O)(=O)c1ccc(CNc2ccc([N+](=O)[O-])nc2)cc1. The van der Waals surface area contributed by atoms with E-state index in [0.29, 0.717) is 12.2 Å². The fourth-order valence-electron chi connectivity index (χ4n) is 1.66. The smallest absolute Gasteiger partial charge is 0.363 e. The van der Waals surface area contributed by atoms with Gasteiger partial charge >= 0.3 is 5.82 Å². The highest BCUT2D eigenvalue weighted by molar-refractivity contribution is 7.90. The summed E-state index contributed by atoms with van der Waals surface area (Å²) in [5, 5.41) is 13.5. The Morgan fingerprint density at radius 2 is 1.86 bits per heavy atom. The Hall–Kier alpha value is -2.48. The second kappa shape index (κ2) is 5.88. The number of benzene rings is 1. The van der Waals surface area contributed by atoms with Gasteiger partial charge < -0.3 is 15.4 Å². The largest absolute Gasteiger partial charge is 0.378 e. The summed E-state index contributed by atoms with van der Waals surface area (Å²) in [6, 6.07) is 9.39. The van der Waals surface area contributed by atoms with Crippen molar-refractivity contribution >= 4 is 21.3 Å². The summed E-state index contributed by atoms with van der Waals surface area (Å²) < 4.78 is 22.7. The normalized spacial score (nSPS) is 11.1. The third-order valence-corrected chi connectivity index (χ3v) is 3.91. The molecule has 1 N–H and O–H groups in total. The molecule has 21 heavy (non-hydrogen) atoms. The van der Waals surface area contributed by atoms with Gasteiger partial charge in [0.1, 0.15) is 0 Å². The Kier molecular flexibility index (Phi) is 4.18. The predicted molar refractivity (Wildman–Crippen MR) is 77.8 cm³/mol. The average Bonchev–Trinajstić information content (AvgIpc) is 2.45. The van der Waals surface area contributed by atoms with Crippen LogP contribution in [0.5, 0.6) is 0 Å². The van der Waals surface area contributed by atoms with E-state index in [4.69, 9.17) is 0 Å². The van der Waals surface area contributed by atoms with Gasteiger partial charge in [-0.1, -0.05) is 12.1 Å². The maximum atomic E-state index is 11.3. The molecule has 0 amide bonds. The van der Waals surface area contributed by atoms with Gasteiger partial charge in [0.2, 0.25) is 0 Å². The molecule has 0 atom stereocenters. The van der Waals surface area contributed by atoms with Gasteiger partial charge in [0.05, 0.1) is 10.6 Å². The summed E-state index contributed by atoms with van der Waals surface area (Å²) in [5.74, 6) is -0.210. The van der Waals surface area contributed by atoms with E-state index in [1.807, 2.05) is 0 Å². The standard InChI is InChI=1S/C13H13N3O4S/c1-21(19,20)12-5-2-10(3-6-12)8-14-11-4-7-13(15-9-11)16(17)18/h2-7,9,14H,8H2,1H3. The van der Waals surface area contributed by atoms with Gasteiger partial charge in [-0.3, -0.25) is 0 Å². The van der Waals surface area contributed by atoms with Crippen LogP contribution >= 0.6 is 0 Å². The molecule has 0 bridgehead atoms. The zero-order valence-electron chi connectivity index (χ0n) is 11.2. The van der Waals surface area contributed by atoms with Crippen molar-refractivity contribution < 1.29 is 13.3 Å². The number of anilines is 1. The molecule has 0 unspecified atom stereocenters. The van der Waals surface area contributed by atoms with Gasteiger partial charge in [-0.2, -0.15) is 0 Å². The van der Waals surface area contributed by atoms with Crippen LogP contribution in [0.4, 0.5) is 11.5 Å². The minimum absolute atomic E-state index is 0.210. The molecule has 0 saturated carbocycles. The van der Waals surface area contributed by atoms with Crippen molar-refractivity contribution in [3.05, 3.63) is 58.3 Å². The summed E-state index contributed by atoms with van der Waals surface area (Å²) in [5.41, 5.74) is 1.54. The molecule has 2 aromatic rings. The van der Waals surface area contributed by atoms with Crippen LogP contribution in [0.25, 0.3) is 0 Å². The summed E-state index contributed by atoms with van der Waals surface area (Å²) in [6.45, 7) is 0.462. The van der Waals surface area contributed by atoms with Crippen LogP contribution < -0.4 is 5.32 Å². The zero-order chi connectivity index (χ0) is 15.5. The fourth-order valence-corrected chi connectivity index (χ4v) is 2.29. The number of rotatable bonds is 5. The van der Waals surface area contributed by atoms with Crippen molar-refractivity contribution in [2.24, 2.45) is 0 Å². The summed E-state index contributed by atoms with van der Waals surface area (Å²) in [4.78, 5) is 13.9. The highest BCUT2D eigenvalue weighted by Crippen LogP contribution is 2.14. The van der Waals surface area contributed by atoms with Gasteiger partial charge in [0.15, 0.2) is 16.0 Å². The number of sulfone groups is 1. The van der Waals surface area contributed by atoms with Crippen LogP contribution in [0, 0.1) is 10.1 Å². The number of nitro groups is 1. The topological polar surface area (TPSA) is 102 Å². The van der Waals surface area contributed by atoms with Crippen molar-refractivity contribution in [1.82, 2.24) is 4.98 Å². The van der Waals surface area contributed by atoms with Crippen molar-refractivity contribution in [3.8, 4) is 0 Å². The van der Waals surface area contributed by atoms with E-state index in [0.717, 1.165) is 11.8 Å². The van der Waals surface area contributed by atoms with Gasteiger partial charge in [-0.05, 0) is 33.7 Å². The Morgan fingerprint density at radius 3 is 2.33 bits per heavy atom. The van der Waals surface area contributed by atoms with Gasteiger partial charge in [-0.25, -0.2) is 8.42 Å². The van der Waals surface area contributed by atoms with Crippen LogP contribution in [0.1, 0.15) is 5.56 Å². The highest BCUT2D eigenvalue weighted by atomic mass is 32.2. The van der Waals surface area contributed by atoms with Crippen molar-refractivity contribution in [3.63, 3.8) is 0 Å². The molecule has 1 aromatic carbocycles. The molecule has 7 nitrogen and oxygen atoms in total. The van der Waals surface area contributed by atoms with Crippen molar-refractivity contribution in [2.45, 2.75) is 11.4 Å². The lowest BCUT2D eigenvalue weighted by atomic mass is 10.2. The monoisotopic (exact) mass is 307 g/mol. The molecule has 1 aromatic heterocycles. The van der Waals surface area contributed by atoms with Crippen LogP contribution in [0.15, 0.2) is 47.5 Å². The van der Waals surface area contributed by atoms with E-state index in [-0.39, 0.29) is 10.7 Å². The predicted octanol–water partition coefficient (Wildman–Crippen LogP) is 2.01.